The van der Waals surface area contributed by atoms with Crippen molar-refractivity contribution in [3.63, 3.8) is 0 Å². The molecule has 2 atom stereocenters. The Kier molecular flexibility index (Phi) is 4.64. The molecule has 0 amide bonds. The van der Waals surface area contributed by atoms with Gasteiger partial charge in [0.1, 0.15) is 17.6 Å². The molecule has 0 aliphatic carbocycles. The average molecular weight is 409 g/mol. The molecule has 0 spiro atoms. The summed E-state index contributed by atoms with van der Waals surface area (Å²) in [6.07, 6.45) is -4.68. The monoisotopic (exact) mass is 409 g/mol. The van der Waals surface area contributed by atoms with Crippen LogP contribution < -0.4 is 9.47 Å². The number of ether oxygens (including phenoxy) is 2. The Morgan fingerprint density at radius 2 is 1.93 bits per heavy atom. The van der Waals surface area contributed by atoms with Crippen LogP contribution in [0.15, 0.2) is 48.5 Å². The first kappa shape index (κ1) is 18.6. The molecule has 0 saturated heterocycles. The minimum Gasteiger partial charge on any atom is -0.568 e. The topological polar surface area (TPSA) is 74.6 Å². The molecular formula is C19H14F3NO4S. The molecule has 0 fully saturated rings. The van der Waals surface area contributed by atoms with Crippen molar-refractivity contribution < 1.29 is 32.3 Å². The molecule has 2 heterocycles. The maximum absolute atomic E-state index is 13.2. The average Bonchev–Trinajstić information content (AvgIpc) is 2.99. The van der Waals surface area contributed by atoms with E-state index in [1.165, 1.54) is 12.1 Å². The zero-order valence-electron chi connectivity index (χ0n) is 14.3. The fraction of sp³-hybridized carbons (Fsp3) is 0.211. The Labute approximate surface area is 160 Å². The molecule has 1 N–H and O–H groups in total. The van der Waals surface area contributed by atoms with Crippen LogP contribution in [-0.4, -0.2) is 20.6 Å². The van der Waals surface area contributed by atoms with Crippen molar-refractivity contribution in [1.82, 2.24) is 4.37 Å². The zero-order chi connectivity index (χ0) is 19.9. The molecule has 3 aromatic rings. The summed E-state index contributed by atoms with van der Waals surface area (Å²) in [5, 5.41) is 9.34. The smallest absolute Gasteiger partial charge is 0.419 e. The predicted molar refractivity (Wildman–Crippen MR) is 94.9 cm³/mol. The third-order valence-electron chi connectivity index (χ3n) is 4.37. The van der Waals surface area contributed by atoms with E-state index in [9.17, 15) is 22.8 Å². The number of para-hydroxylation sites is 1. The third kappa shape index (κ3) is 3.50. The highest BCUT2D eigenvalue weighted by molar-refractivity contribution is 7.23. The van der Waals surface area contributed by atoms with Crippen molar-refractivity contribution in [2.75, 3.05) is 6.61 Å². The van der Waals surface area contributed by atoms with Crippen LogP contribution >= 0.6 is 10.9 Å². The molecular weight excluding hydrogens is 395 g/mol. The Hall–Kier alpha value is -2.78. The van der Waals surface area contributed by atoms with Crippen molar-refractivity contribution in [3.05, 3.63) is 59.7 Å². The largest absolute Gasteiger partial charge is 0.568 e. The standard InChI is InChI=1S/C19H14F3NO4S/c20-19(21,22)14-3-1-2-13-15(8-9-26-18(13)14)27-12-6-4-11(5-7-12)16-10-17(24)23-28(16)25/h1-7,10,15H,8-9H2,(H,23,24). The maximum Gasteiger partial charge on any atom is 0.419 e. The summed E-state index contributed by atoms with van der Waals surface area (Å²) in [7, 11) is -1.66. The lowest BCUT2D eigenvalue weighted by Crippen LogP contribution is -2.21. The Morgan fingerprint density at radius 1 is 1.18 bits per heavy atom. The van der Waals surface area contributed by atoms with Crippen molar-refractivity contribution in [2.24, 2.45) is 0 Å². The van der Waals surface area contributed by atoms with Gasteiger partial charge in [0.25, 0.3) is 5.88 Å². The normalized spacial score (nSPS) is 17.0. The number of nitrogens with zero attached hydrogens (tertiary/aromatic N) is 1. The van der Waals surface area contributed by atoms with Gasteiger partial charge in [0.05, 0.1) is 29.2 Å². The van der Waals surface area contributed by atoms with Crippen LogP contribution in [0, 0.1) is 0 Å². The fourth-order valence-corrected chi connectivity index (χ4v) is 3.98. The molecule has 5 nitrogen and oxygen atoms in total. The van der Waals surface area contributed by atoms with Crippen LogP contribution in [0.2, 0.25) is 0 Å². The minimum atomic E-state index is -4.51. The van der Waals surface area contributed by atoms with E-state index < -0.39 is 28.8 Å². The molecule has 9 heteroatoms. The van der Waals surface area contributed by atoms with Gasteiger partial charge in [-0.05, 0) is 30.3 Å². The van der Waals surface area contributed by atoms with Crippen molar-refractivity contribution in [2.45, 2.75) is 18.7 Å². The molecule has 146 valence electrons. The lowest BCUT2D eigenvalue weighted by molar-refractivity contribution is -0.139. The van der Waals surface area contributed by atoms with Gasteiger partial charge < -0.3 is 19.1 Å². The summed E-state index contributed by atoms with van der Waals surface area (Å²) in [5.74, 6) is -0.0384. The van der Waals surface area contributed by atoms with Crippen LogP contribution in [0.3, 0.4) is 0 Å². The molecule has 0 saturated carbocycles. The SMILES string of the molecule is [O-][s+]1nc(O)cc1-c1ccc(OC2CCOc3c2cccc3C(F)(F)F)cc1. The Balaban J connectivity index is 1.59. The Morgan fingerprint density at radius 3 is 2.57 bits per heavy atom. The summed E-state index contributed by atoms with van der Waals surface area (Å²) in [4.78, 5) is 0.371. The zero-order valence-corrected chi connectivity index (χ0v) is 15.1. The van der Waals surface area contributed by atoms with Gasteiger partial charge in [0.2, 0.25) is 4.88 Å². The molecule has 1 aliphatic rings. The van der Waals surface area contributed by atoms with E-state index >= 15 is 0 Å². The number of halogens is 3. The van der Waals surface area contributed by atoms with Gasteiger partial charge in [-0.1, -0.05) is 12.1 Å². The number of benzene rings is 2. The van der Waals surface area contributed by atoms with Crippen LogP contribution in [0.25, 0.3) is 10.4 Å². The van der Waals surface area contributed by atoms with Gasteiger partial charge >= 0.3 is 6.18 Å². The molecule has 0 bridgehead atoms. The van der Waals surface area contributed by atoms with E-state index in [4.69, 9.17) is 9.47 Å². The quantitative estimate of drug-likeness (QED) is 0.609. The van der Waals surface area contributed by atoms with E-state index in [1.807, 2.05) is 0 Å². The van der Waals surface area contributed by atoms with Crippen molar-refractivity contribution in [1.29, 1.82) is 0 Å². The second-order valence-corrected chi connectivity index (χ2v) is 7.32. The maximum atomic E-state index is 13.2. The highest BCUT2D eigenvalue weighted by atomic mass is 32.2. The van der Waals surface area contributed by atoms with Gasteiger partial charge in [0, 0.05) is 21.9 Å². The molecule has 1 aliphatic heterocycles. The summed E-state index contributed by atoms with van der Waals surface area (Å²) in [6, 6.07) is 11.8. The summed E-state index contributed by atoms with van der Waals surface area (Å²) in [5.41, 5.74) is 0.136. The summed E-state index contributed by atoms with van der Waals surface area (Å²) in [6.45, 7) is 0.116. The second-order valence-electron chi connectivity index (χ2n) is 6.20. The van der Waals surface area contributed by atoms with E-state index in [0.717, 1.165) is 6.07 Å². The first-order valence-corrected chi connectivity index (χ1v) is 9.45. The molecule has 2 unspecified atom stereocenters. The molecule has 2 aromatic carbocycles. The van der Waals surface area contributed by atoms with Crippen molar-refractivity contribution >= 4 is 10.9 Å². The van der Waals surface area contributed by atoms with E-state index in [-0.39, 0.29) is 18.2 Å². The van der Waals surface area contributed by atoms with Crippen LogP contribution in [0.1, 0.15) is 23.7 Å². The highest BCUT2D eigenvalue weighted by Crippen LogP contribution is 2.44. The highest BCUT2D eigenvalue weighted by Gasteiger charge is 2.38. The Bertz CT molecular complexity index is 1000. The predicted octanol–water partition coefficient (Wildman–Crippen LogP) is 5.10. The number of fused-ring (bicyclic) bond motifs is 1. The van der Waals surface area contributed by atoms with Gasteiger partial charge in [-0.25, -0.2) is 0 Å². The number of alkyl halides is 3. The van der Waals surface area contributed by atoms with E-state index in [2.05, 4.69) is 4.37 Å². The van der Waals surface area contributed by atoms with Crippen molar-refractivity contribution in [3.8, 4) is 27.8 Å². The third-order valence-corrected chi connectivity index (χ3v) is 5.45. The number of aromatic nitrogens is 1. The summed E-state index contributed by atoms with van der Waals surface area (Å²) >= 11 is 0. The number of rotatable bonds is 3. The lowest BCUT2D eigenvalue weighted by atomic mass is 9.99. The van der Waals surface area contributed by atoms with Crippen LogP contribution in [-0.2, 0) is 6.18 Å². The lowest BCUT2D eigenvalue weighted by Gasteiger charge is -2.28. The summed E-state index contributed by atoms with van der Waals surface area (Å²) < 4.78 is 66.1. The number of hydrogen-bond donors (Lipinski definition) is 1. The van der Waals surface area contributed by atoms with Gasteiger partial charge in [-0.3, -0.25) is 0 Å². The number of aromatic hydroxyl groups is 1. The first-order valence-electron chi connectivity index (χ1n) is 8.34. The molecule has 4 rings (SSSR count). The number of hydrogen-bond acceptors (Lipinski definition) is 5. The second kappa shape index (κ2) is 6.99. The fourth-order valence-electron chi connectivity index (χ4n) is 3.11. The van der Waals surface area contributed by atoms with E-state index in [0.29, 0.717) is 28.2 Å². The minimum absolute atomic E-state index is 0.116. The van der Waals surface area contributed by atoms with Gasteiger partial charge in [0.15, 0.2) is 0 Å². The van der Waals surface area contributed by atoms with E-state index in [1.54, 1.807) is 30.3 Å². The van der Waals surface area contributed by atoms with Gasteiger partial charge in [-0.2, -0.15) is 13.2 Å². The van der Waals surface area contributed by atoms with Crippen LogP contribution in [0.4, 0.5) is 13.2 Å². The van der Waals surface area contributed by atoms with Crippen LogP contribution in [0.5, 0.6) is 17.4 Å². The molecule has 0 radical (unpaired) electrons. The van der Waals surface area contributed by atoms with Gasteiger partial charge in [-0.15, -0.1) is 0 Å². The first-order chi connectivity index (χ1) is 13.3. The molecule has 28 heavy (non-hydrogen) atoms. The molecule has 1 aromatic heterocycles.